The van der Waals surface area contributed by atoms with Crippen LogP contribution in [0, 0.1) is 0 Å². The molecule has 0 spiro atoms. The topological polar surface area (TPSA) is 85.4 Å². The highest BCUT2D eigenvalue weighted by Gasteiger charge is 2.36. The summed E-state index contributed by atoms with van der Waals surface area (Å²) in [5, 5.41) is 6.71. The Bertz CT molecular complexity index is 782. The van der Waals surface area contributed by atoms with Crippen LogP contribution < -0.4 is 9.80 Å². The van der Waals surface area contributed by atoms with E-state index in [1.165, 1.54) is 6.33 Å². The number of carbonyl (C=O) groups excluding carboxylic acids is 2. The third-order valence-corrected chi connectivity index (χ3v) is 5.02. The Morgan fingerprint density at radius 2 is 1.96 bits per heavy atom. The van der Waals surface area contributed by atoms with E-state index in [2.05, 4.69) is 20.1 Å². The molecule has 1 aromatic carbocycles. The first-order chi connectivity index (χ1) is 12.1. The summed E-state index contributed by atoms with van der Waals surface area (Å²) in [5.74, 6) is 0.354. The Hall–Kier alpha value is -2.90. The number of fused-ring (bicyclic) bond motifs is 1. The van der Waals surface area contributed by atoms with Crippen molar-refractivity contribution in [2.24, 2.45) is 0 Å². The third kappa shape index (κ3) is 2.73. The molecule has 0 unspecified atom stereocenters. The van der Waals surface area contributed by atoms with Crippen LogP contribution in [0.1, 0.15) is 17.9 Å². The molecule has 1 fully saturated rings. The minimum Gasteiger partial charge on any atom is -0.339 e. The lowest BCUT2D eigenvalue weighted by atomic mass is 9.88. The van der Waals surface area contributed by atoms with E-state index in [4.69, 9.17) is 0 Å². The van der Waals surface area contributed by atoms with E-state index in [1.807, 2.05) is 29.2 Å². The monoisotopic (exact) mass is 340 g/mol. The molecule has 3 heterocycles. The molecule has 8 nitrogen and oxygen atoms in total. The van der Waals surface area contributed by atoms with Crippen LogP contribution in [0.4, 0.5) is 11.6 Å². The molecular formula is C17H20N6O2. The van der Waals surface area contributed by atoms with E-state index in [1.54, 1.807) is 11.9 Å². The van der Waals surface area contributed by atoms with Crippen LogP contribution in [0.25, 0.3) is 0 Å². The second-order valence-corrected chi connectivity index (χ2v) is 6.39. The summed E-state index contributed by atoms with van der Waals surface area (Å²) >= 11 is 0. The second-order valence-electron chi connectivity index (χ2n) is 6.39. The smallest absolute Gasteiger partial charge is 0.230 e. The van der Waals surface area contributed by atoms with E-state index < -0.39 is 5.92 Å². The number of piperazine rings is 1. The summed E-state index contributed by atoms with van der Waals surface area (Å²) in [7, 11) is 1.76. The average Bonchev–Trinajstić information content (AvgIpc) is 3.19. The third-order valence-electron chi connectivity index (χ3n) is 5.02. The highest BCUT2D eigenvalue weighted by molar-refractivity contribution is 6.02. The minimum atomic E-state index is -0.392. The van der Waals surface area contributed by atoms with Gasteiger partial charge in [-0.15, -0.1) is 0 Å². The van der Waals surface area contributed by atoms with Crippen molar-refractivity contribution in [2.75, 3.05) is 43.0 Å². The predicted molar refractivity (Wildman–Crippen MR) is 92.4 cm³/mol. The van der Waals surface area contributed by atoms with Gasteiger partial charge in [-0.3, -0.25) is 9.59 Å². The van der Waals surface area contributed by atoms with Gasteiger partial charge in [0.15, 0.2) is 0 Å². The summed E-state index contributed by atoms with van der Waals surface area (Å²) in [6.45, 7) is 2.62. The van der Waals surface area contributed by atoms with Crippen LogP contribution in [0.5, 0.6) is 0 Å². The Morgan fingerprint density at radius 3 is 2.68 bits per heavy atom. The van der Waals surface area contributed by atoms with Gasteiger partial charge in [-0.1, -0.05) is 18.2 Å². The number of aromatic nitrogens is 3. The van der Waals surface area contributed by atoms with Crippen LogP contribution in [-0.4, -0.2) is 65.1 Å². The number of aromatic amines is 1. The summed E-state index contributed by atoms with van der Waals surface area (Å²) in [6.07, 6.45) is 1.71. The number of carbonyl (C=O) groups is 2. The molecule has 1 N–H and O–H groups in total. The standard InChI is InChI=1S/C17H20N6O2/c1-21-14-5-3-2-4-12(14)13(10-15(21)24)16(25)22-6-8-23(9-7-22)17-18-11-19-20-17/h2-5,11,13H,6-10H2,1H3,(H,18,19,20)/t13-/m0/s1. The molecule has 25 heavy (non-hydrogen) atoms. The Kier molecular flexibility index (Phi) is 3.87. The van der Waals surface area contributed by atoms with E-state index in [0.29, 0.717) is 26.2 Å². The molecule has 1 saturated heterocycles. The van der Waals surface area contributed by atoms with Crippen molar-refractivity contribution in [1.82, 2.24) is 20.1 Å². The van der Waals surface area contributed by atoms with Gasteiger partial charge >= 0.3 is 0 Å². The normalized spacial score (nSPS) is 20.6. The molecule has 1 atom stereocenters. The summed E-state index contributed by atoms with van der Waals surface area (Å²) in [5.41, 5.74) is 1.77. The number of anilines is 2. The Labute approximate surface area is 145 Å². The predicted octanol–water partition coefficient (Wildman–Crippen LogP) is 0.604. The molecule has 0 bridgehead atoms. The molecule has 2 aliphatic rings. The van der Waals surface area contributed by atoms with Crippen LogP contribution in [0.2, 0.25) is 0 Å². The van der Waals surface area contributed by atoms with Gasteiger partial charge in [0.25, 0.3) is 0 Å². The van der Waals surface area contributed by atoms with Crippen LogP contribution in [0.15, 0.2) is 30.6 Å². The molecule has 2 aromatic rings. The summed E-state index contributed by atoms with van der Waals surface area (Å²) in [4.78, 5) is 35.1. The van der Waals surface area contributed by atoms with Crippen LogP contribution in [0.3, 0.4) is 0 Å². The van der Waals surface area contributed by atoms with Gasteiger partial charge in [-0.25, -0.2) is 5.10 Å². The zero-order chi connectivity index (χ0) is 17.4. The van der Waals surface area contributed by atoms with Gasteiger partial charge in [0, 0.05) is 45.3 Å². The minimum absolute atomic E-state index is 0.0163. The Balaban J connectivity index is 1.50. The van der Waals surface area contributed by atoms with Gasteiger partial charge in [-0.05, 0) is 11.6 Å². The highest BCUT2D eigenvalue weighted by atomic mass is 16.2. The fourth-order valence-electron chi connectivity index (χ4n) is 3.57. The number of hydrogen-bond donors (Lipinski definition) is 1. The van der Waals surface area contributed by atoms with Crippen molar-refractivity contribution in [3.8, 4) is 0 Å². The maximum absolute atomic E-state index is 13.1. The number of amides is 2. The molecule has 2 aliphatic heterocycles. The lowest BCUT2D eigenvalue weighted by Gasteiger charge is -2.38. The summed E-state index contributed by atoms with van der Waals surface area (Å²) < 4.78 is 0. The van der Waals surface area contributed by atoms with Gasteiger partial charge in [0.2, 0.25) is 17.8 Å². The van der Waals surface area contributed by atoms with E-state index in [0.717, 1.165) is 17.2 Å². The number of H-pyrrole nitrogens is 1. The van der Waals surface area contributed by atoms with Crippen molar-refractivity contribution in [3.63, 3.8) is 0 Å². The zero-order valence-corrected chi connectivity index (χ0v) is 14.1. The Morgan fingerprint density at radius 1 is 1.20 bits per heavy atom. The van der Waals surface area contributed by atoms with Crippen molar-refractivity contribution in [1.29, 1.82) is 0 Å². The molecule has 0 radical (unpaired) electrons. The number of rotatable bonds is 2. The molecule has 130 valence electrons. The number of nitrogens with one attached hydrogen (secondary N) is 1. The van der Waals surface area contributed by atoms with E-state index in [9.17, 15) is 9.59 Å². The first-order valence-corrected chi connectivity index (χ1v) is 8.39. The highest BCUT2D eigenvalue weighted by Crippen LogP contribution is 2.36. The van der Waals surface area contributed by atoms with Gasteiger partial charge < -0.3 is 14.7 Å². The van der Waals surface area contributed by atoms with E-state index in [-0.39, 0.29) is 18.2 Å². The lowest BCUT2D eigenvalue weighted by molar-refractivity contribution is -0.135. The number of para-hydroxylation sites is 1. The SMILES string of the molecule is CN1C(=O)C[C@H](C(=O)N2CCN(c3ncn[nH]3)CC2)c2ccccc21. The zero-order valence-electron chi connectivity index (χ0n) is 14.1. The molecule has 0 aliphatic carbocycles. The number of nitrogens with zero attached hydrogens (tertiary/aromatic N) is 5. The van der Waals surface area contributed by atoms with Gasteiger partial charge in [0.05, 0.1) is 5.92 Å². The quantitative estimate of drug-likeness (QED) is 0.865. The maximum Gasteiger partial charge on any atom is 0.230 e. The first kappa shape index (κ1) is 15.6. The largest absolute Gasteiger partial charge is 0.339 e. The van der Waals surface area contributed by atoms with Crippen molar-refractivity contribution in [2.45, 2.75) is 12.3 Å². The molecule has 2 amide bonds. The lowest BCUT2D eigenvalue weighted by Crippen LogP contribution is -2.51. The molecular weight excluding hydrogens is 320 g/mol. The van der Waals surface area contributed by atoms with E-state index >= 15 is 0 Å². The van der Waals surface area contributed by atoms with Gasteiger partial charge in [0.1, 0.15) is 6.33 Å². The first-order valence-electron chi connectivity index (χ1n) is 8.39. The molecule has 0 saturated carbocycles. The fourth-order valence-corrected chi connectivity index (χ4v) is 3.57. The molecule has 1 aromatic heterocycles. The molecule has 8 heteroatoms. The van der Waals surface area contributed by atoms with Crippen molar-refractivity contribution in [3.05, 3.63) is 36.2 Å². The number of benzene rings is 1. The van der Waals surface area contributed by atoms with Crippen LogP contribution in [-0.2, 0) is 9.59 Å². The van der Waals surface area contributed by atoms with Crippen LogP contribution >= 0.6 is 0 Å². The maximum atomic E-state index is 13.1. The summed E-state index contributed by atoms with van der Waals surface area (Å²) in [6, 6.07) is 7.66. The fraction of sp³-hybridized carbons (Fsp3) is 0.412. The molecule has 4 rings (SSSR count). The van der Waals surface area contributed by atoms with Gasteiger partial charge in [-0.2, -0.15) is 10.1 Å². The second kappa shape index (κ2) is 6.19. The van der Waals surface area contributed by atoms with Crippen molar-refractivity contribution < 1.29 is 9.59 Å². The van der Waals surface area contributed by atoms with Crippen molar-refractivity contribution >= 4 is 23.5 Å². The average molecular weight is 340 g/mol. The number of hydrogen-bond acceptors (Lipinski definition) is 5.